The second-order valence-corrected chi connectivity index (χ2v) is 6.23. The van der Waals surface area contributed by atoms with Crippen molar-refractivity contribution in [2.45, 2.75) is 19.4 Å². The lowest BCUT2D eigenvalue weighted by Crippen LogP contribution is -2.33. The minimum absolute atomic E-state index is 0.0782. The van der Waals surface area contributed by atoms with Crippen LogP contribution in [-0.4, -0.2) is 68.1 Å². The SMILES string of the molecule is COCCCNC(=O)c1csc(CN(CCCOC)C(=O)CCl)n1. The van der Waals surface area contributed by atoms with E-state index in [4.69, 9.17) is 21.1 Å². The number of thiazole rings is 1. The van der Waals surface area contributed by atoms with Crippen LogP contribution in [0.4, 0.5) is 0 Å². The van der Waals surface area contributed by atoms with Crippen LogP contribution < -0.4 is 5.32 Å². The van der Waals surface area contributed by atoms with Gasteiger partial charge >= 0.3 is 0 Å². The van der Waals surface area contributed by atoms with Gasteiger partial charge in [-0.25, -0.2) is 4.98 Å². The maximum absolute atomic E-state index is 12.0. The van der Waals surface area contributed by atoms with E-state index < -0.39 is 0 Å². The lowest BCUT2D eigenvalue weighted by molar-refractivity contribution is -0.129. The molecule has 1 aromatic heterocycles. The van der Waals surface area contributed by atoms with E-state index >= 15 is 0 Å². The fraction of sp³-hybridized carbons (Fsp3) is 0.667. The van der Waals surface area contributed by atoms with Crippen molar-refractivity contribution in [1.29, 1.82) is 0 Å². The molecule has 1 aromatic rings. The highest BCUT2D eigenvalue weighted by Crippen LogP contribution is 2.13. The highest BCUT2D eigenvalue weighted by molar-refractivity contribution is 7.09. The molecule has 1 N–H and O–H groups in total. The van der Waals surface area contributed by atoms with Gasteiger partial charge in [0.05, 0.1) is 6.54 Å². The molecule has 24 heavy (non-hydrogen) atoms. The second-order valence-electron chi connectivity index (χ2n) is 5.02. The van der Waals surface area contributed by atoms with Gasteiger partial charge in [-0.2, -0.15) is 0 Å². The molecule has 1 rings (SSSR count). The molecule has 0 aliphatic carbocycles. The van der Waals surface area contributed by atoms with E-state index in [-0.39, 0.29) is 17.7 Å². The molecular formula is C15H24ClN3O4S. The van der Waals surface area contributed by atoms with Gasteiger partial charge in [0.1, 0.15) is 16.6 Å². The predicted octanol–water partition coefficient (Wildman–Crippen LogP) is 1.51. The molecule has 136 valence electrons. The predicted molar refractivity (Wildman–Crippen MR) is 93.6 cm³/mol. The molecule has 7 nitrogen and oxygen atoms in total. The Morgan fingerprint density at radius 1 is 1.29 bits per heavy atom. The molecule has 0 unspecified atom stereocenters. The number of methoxy groups -OCH3 is 2. The average molecular weight is 378 g/mol. The Balaban J connectivity index is 2.55. The molecule has 0 aliphatic heterocycles. The Labute approximate surface area is 151 Å². The number of amides is 2. The number of halogens is 1. The molecule has 0 spiro atoms. The lowest BCUT2D eigenvalue weighted by atomic mass is 10.3. The minimum Gasteiger partial charge on any atom is -0.385 e. The van der Waals surface area contributed by atoms with Crippen molar-refractivity contribution in [3.05, 3.63) is 16.1 Å². The molecule has 1 heterocycles. The number of ether oxygens (including phenoxy) is 2. The summed E-state index contributed by atoms with van der Waals surface area (Å²) >= 11 is 7.00. The first kappa shape index (κ1) is 20.8. The minimum atomic E-state index is -0.219. The van der Waals surface area contributed by atoms with Gasteiger partial charge in [-0.3, -0.25) is 9.59 Å². The maximum Gasteiger partial charge on any atom is 0.270 e. The van der Waals surface area contributed by atoms with Crippen LogP contribution in [0.3, 0.4) is 0 Å². The van der Waals surface area contributed by atoms with Crippen LogP contribution in [0.25, 0.3) is 0 Å². The van der Waals surface area contributed by atoms with E-state index in [1.54, 1.807) is 24.5 Å². The zero-order valence-electron chi connectivity index (χ0n) is 14.0. The van der Waals surface area contributed by atoms with E-state index in [1.807, 2.05) is 0 Å². The molecule has 9 heteroatoms. The van der Waals surface area contributed by atoms with Crippen molar-refractivity contribution in [1.82, 2.24) is 15.2 Å². The van der Waals surface area contributed by atoms with Crippen molar-refractivity contribution in [3.8, 4) is 0 Å². The summed E-state index contributed by atoms with van der Waals surface area (Å²) < 4.78 is 9.93. The summed E-state index contributed by atoms with van der Waals surface area (Å²) in [5.41, 5.74) is 0.364. The number of nitrogens with one attached hydrogen (secondary N) is 1. The van der Waals surface area contributed by atoms with Crippen molar-refractivity contribution in [3.63, 3.8) is 0 Å². The van der Waals surface area contributed by atoms with E-state index in [2.05, 4.69) is 10.3 Å². The van der Waals surface area contributed by atoms with Gasteiger partial charge in [0.25, 0.3) is 5.91 Å². The number of aromatic nitrogens is 1. The van der Waals surface area contributed by atoms with Crippen LogP contribution in [-0.2, 0) is 20.8 Å². The van der Waals surface area contributed by atoms with E-state index in [9.17, 15) is 9.59 Å². The lowest BCUT2D eigenvalue weighted by Gasteiger charge is -2.20. The molecule has 0 radical (unpaired) electrons. The summed E-state index contributed by atoms with van der Waals surface area (Å²) in [6, 6.07) is 0. The van der Waals surface area contributed by atoms with Crippen molar-refractivity contribution >= 4 is 34.8 Å². The quantitative estimate of drug-likeness (QED) is 0.441. The second kappa shape index (κ2) is 12.2. The number of nitrogens with zero attached hydrogens (tertiary/aromatic N) is 2. The van der Waals surface area contributed by atoms with Crippen molar-refractivity contribution in [2.24, 2.45) is 0 Å². The third-order valence-corrected chi connectivity index (χ3v) is 4.23. The molecule has 0 saturated carbocycles. The van der Waals surface area contributed by atoms with Gasteiger partial charge in [-0.05, 0) is 12.8 Å². The first-order chi connectivity index (χ1) is 11.6. The van der Waals surface area contributed by atoms with Crippen LogP contribution in [0.1, 0.15) is 28.3 Å². The average Bonchev–Trinajstić information content (AvgIpc) is 3.06. The number of hydrogen-bond acceptors (Lipinski definition) is 6. The zero-order valence-corrected chi connectivity index (χ0v) is 15.6. The van der Waals surface area contributed by atoms with Crippen molar-refractivity contribution in [2.75, 3.05) is 46.4 Å². The van der Waals surface area contributed by atoms with Gasteiger partial charge < -0.3 is 19.7 Å². The molecule has 2 amide bonds. The summed E-state index contributed by atoms with van der Waals surface area (Å²) in [6.07, 6.45) is 1.47. The number of alkyl halides is 1. The fourth-order valence-electron chi connectivity index (χ4n) is 1.94. The first-order valence-corrected chi connectivity index (χ1v) is 9.08. The Bertz CT molecular complexity index is 513. The molecule has 0 aromatic carbocycles. The molecular weight excluding hydrogens is 354 g/mol. The zero-order chi connectivity index (χ0) is 17.8. The highest BCUT2D eigenvalue weighted by Gasteiger charge is 2.16. The summed E-state index contributed by atoms with van der Waals surface area (Å²) in [5, 5.41) is 5.18. The summed E-state index contributed by atoms with van der Waals surface area (Å²) in [6.45, 7) is 2.58. The molecule has 0 atom stereocenters. The molecule has 0 fully saturated rings. The Kier molecular flexibility index (Phi) is 10.6. The van der Waals surface area contributed by atoms with Gasteiger partial charge in [0.15, 0.2) is 0 Å². The van der Waals surface area contributed by atoms with Crippen LogP contribution in [0, 0.1) is 0 Å². The third-order valence-electron chi connectivity index (χ3n) is 3.16. The summed E-state index contributed by atoms with van der Waals surface area (Å²) in [7, 11) is 3.24. The molecule has 0 bridgehead atoms. The molecule has 0 saturated heterocycles. The van der Waals surface area contributed by atoms with E-state index in [0.29, 0.717) is 43.5 Å². The number of rotatable bonds is 12. The fourth-order valence-corrected chi connectivity index (χ4v) is 2.89. The van der Waals surface area contributed by atoms with Crippen LogP contribution >= 0.6 is 22.9 Å². The Hall–Kier alpha value is -1.22. The Morgan fingerprint density at radius 2 is 2.00 bits per heavy atom. The summed E-state index contributed by atoms with van der Waals surface area (Å²) in [5.74, 6) is -0.456. The molecule has 0 aliphatic rings. The van der Waals surface area contributed by atoms with Gasteiger partial charge in [0.2, 0.25) is 5.91 Å². The normalized spacial score (nSPS) is 10.6. The largest absolute Gasteiger partial charge is 0.385 e. The van der Waals surface area contributed by atoms with Crippen molar-refractivity contribution < 1.29 is 19.1 Å². The topological polar surface area (TPSA) is 80.8 Å². The van der Waals surface area contributed by atoms with Gasteiger partial charge in [-0.1, -0.05) is 0 Å². The first-order valence-electron chi connectivity index (χ1n) is 7.66. The standard InChI is InChI=1S/C15H24ClN3O4S/c1-22-7-3-5-17-15(21)12-11-24-13(18-12)10-19(14(20)9-16)6-4-8-23-2/h11H,3-10H2,1-2H3,(H,17,21). The van der Waals surface area contributed by atoms with Crippen LogP contribution in [0.2, 0.25) is 0 Å². The highest BCUT2D eigenvalue weighted by atomic mass is 35.5. The van der Waals surface area contributed by atoms with Gasteiger partial charge in [-0.15, -0.1) is 22.9 Å². The monoisotopic (exact) mass is 377 g/mol. The third kappa shape index (κ3) is 7.57. The van der Waals surface area contributed by atoms with E-state index in [0.717, 1.165) is 12.8 Å². The maximum atomic E-state index is 12.0. The van der Waals surface area contributed by atoms with E-state index in [1.165, 1.54) is 11.3 Å². The number of hydrogen-bond donors (Lipinski definition) is 1. The van der Waals surface area contributed by atoms with Gasteiger partial charge in [0, 0.05) is 45.9 Å². The van der Waals surface area contributed by atoms with Crippen LogP contribution in [0.5, 0.6) is 0 Å². The Morgan fingerprint density at radius 3 is 2.67 bits per heavy atom. The number of carbonyl (C=O) groups is 2. The van der Waals surface area contributed by atoms with Crippen LogP contribution in [0.15, 0.2) is 5.38 Å². The number of carbonyl (C=O) groups excluding carboxylic acids is 2. The summed E-state index contributed by atoms with van der Waals surface area (Å²) in [4.78, 5) is 29.8. The smallest absolute Gasteiger partial charge is 0.270 e.